The zero-order chi connectivity index (χ0) is 12.3. The maximum Gasteiger partial charge on any atom is 0.298 e. The normalized spacial score (nSPS) is 11.3. The number of para-hydroxylation sites is 2. The lowest BCUT2D eigenvalue weighted by Gasteiger charge is -2.18. The van der Waals surface area contributed by atoms with Gasteiger partial charge in [0.15, 0.2) is 5.58 Å². The van der Waals surface area contributed by atoms with E-state index in [0.29, 0.717) is 11.1 Å². The number of hydrogen-bond acceptors (Lipinski definition) is 3. The van der Waals surface area contributed by atoms with Crippen molar-refractivity contribution in [1.82, 2.24) is 4.98 Å². The number of anilines is 1. The summed E-state index contributed by atoms with van der Waals surface area (Å²) in [7, 11) is 0. The fourth-order valence-corrected chi connectivity index (χ4v) is 1.73. The first-order valence-electron chi connectivity index (χ1n) is 5.15. The van der Waals surface area contributed by atoms with Gasteiger partial charge >= 0.3 is 0 Å². The molecule has 6 heteroatoms. The molecule has 1 aromatic carbocycles. The summed E-state index contributed by atoms with van der Waals surface area (Å²) in [6.07, 6.45) is -2.45. The molecule has 1 heterocycles. The summed E-state index contributed by atoms with van der Waals surface area (Å²) >= 11 is 5.57. The molecule has 0 aliphatic heterocycles. The van der Waals surface area contributed by atoms with Gasteiger partial charge in [-0.25, -0.2) is 8.78 Å². The second-order valence-corrected chi connectivity index (χ2v) is 3.87. The van der Waals surface area contributed by atoms with Crippen molar-refractivity contribution < 1.29 is 13.2 Å². The number of oxazole rings is 1. The molecule has 0 spiro atoms. The zero-order valence-corrected chi connectivity index (χ0v) is 9.70. The number of nitrogens with zero attached hydrogens (tertiary/aromatic N) is 2. The Kier molecular flexibility index (Phi) is 3.78. The summed E-state index contributed by atoms with van der Waals surface area (Å²) in [5, 5.41) is 0. The molecule has 2 aromatic rings. The number of aromatic nitrogens is 1. The molecule has 0 aliphatic carbocycles. The highest BCUT2D eigenvalue weighted by atomic mass is 35.5. The van der Waals surface area contributed by atoms with E-state index in [2.05, 4.69) is 4.98 Å². The van der Waals surface area contributed by atoms with Crippen molar-refractivity contribution in [1.29, 1.82) is 0 Å². The van der Waals surface area contributed by atoms with Gasteiger partial charge < -0.3 is 9.32 Å². The van der Waals surface area contributed by atoms with Gasteiger partial charge in [-0.2, -0.15) is 4.98 Å². The summed E-state index contributed by atoms with van der Waals surface area (Å²) in [6, 6.07) is 7.31. The molecule has 17 heavy (non-hydrogen) atoms. The van der Waals surface area contributed by atoms with E-state index in [9.17, 15) is 8.78 Å². The molecule has 0 unspecified atom stereocenters. The number of alkyl halides is 3. The maximum absolute atomic E-state index is 12.4. The Morgan fingerprint density at radius 3 is 2.76 bits per heavy atom. The molecule has 0 N–H and O–H groups in total. The van der Waals surface area contributed by atoms with Gasteiger partial charge in [0.1, 0.15) is 5.52 Å². The van der Waals surface area contributed by atoms with Crippen LogP contribution in [0.15, 0.2) is 28.7 Å². The Labute approximate surface area is 102 Å². The van der Waals surface area contributed by atoms with Crippen LogP contribution in [0.5, 0.6) is 0 Å². The predicted octanol–water partition coefficient (Wildman–Crippen LogP) is 3.14. The van der Waals surface area contributed by atoms with Gasteiger partial charge in [0.05, 0.1) is 6.54 Å². The molecule has 2 rings (SSSR count). The molecular formula is C11H11ClF2N2O. The molecule has 0 atom stereocenters. The van der Waals surface area contributed by atoms with Crippen LogP contribution in [-0.2, 0) is 0 Å². The van der Waals surface area contributed by atoms with Crippen LogP contribution in [0.4, 0.5) is 14.8 Å². The Balaban J connectivity index is 2.27. The average molecular weight is 261 g/mol. The predicted molar refractivity (Wildman–Crippen MR) is 62.9 cm³/mol. The van der Waals surface area contributed by atoms with Gasteiger partial charge in [-0.3, -0.25) is 0 Å². The van der Waals surface area contributed by atoms with E-state index >= 15 is 0 Å². The second kappa shape index (κ2) is 5.31. The Bertz CT molecular complexity index is 456. The molecule has 3 nitrogen and oxygen atoms in total. The highest BCUT2D eigenvalue weighted by Crippen LogP contribution is 2.22. The fraction of sp³-hybridized carbons (Fsp3) is 0.364. The summed E-state index contributed by atoms with van der Waals surface area (Å²) in [5.74, 6) is 0.242. The minimum absolute atomic E-state index is 0.187. The van der Waals surface area contributed by atoms with Gasteiger partial charge in [0.2, 0.25) is 0 Å². The summed E-state index contributed by atoms with van der Waals surface area (Å²) in [6.45, 7) is -0.155. The average Bonchev–Trinajstić information content (AvgIpc) is 2.71. The summed E-state index contributed by atoms with van der Waals surface area (Å²) < 4.78 is 30.2. The van der Waals surface area contributed by atoms with E-state index in [4.69, 9.17) is 16.0 Å². The van der Waals surface area contributed by atoms with Gasteiger partial charge in [-0.05, 0) is 12.1 Å². The number of hydrogen-bond donors (Lipinski definition) is 0. The molecule has 0 radical (unpaired) electrons. The van der Waals surface area contributed by atoms with Crippen LogP contribution < -0.4 is 4.90 Å². The largest absolute Gasteiger partial charge is 0.423 e. The van der Waals surface area contributed by atoms with Crippen LogP contribution in [0.25, 0.3) is 11.1 Å². The molecule has 0 saturated carbocycles. The van der Waals surface area contributed by atoms with Crippen molar-refractivity contribution in [2.24, 2.45) is 0 Å². The van der Waals surface area contributed by atoms with Gasteiger partial charge in [0, 0.05) is 12.4 Å². The summed E-state index contributed by atoms with van der Waals surface area (Å²) in [5.41, 5.74) is 1.23. The lowest BCUT2D eigenvalue weighted by atomic mass is 10.3. The molecule has 92 valence electrons. The Hall–Kier alpha value is -1.36. The van der Waals surface area contributed by atoms with Crippen LogP contribution in [0, 0.1) is 0 Å². The van der Waals surface area contributed by atoms with Crippen molar-refractivity contribution in [3.05, 3.63) is 24.3 Å². The van der Waals surface area contributed by atoms with Gasteiger partial charge in [-0.1, -0.05) is 12.1 Å². The number of rotatable bonds is 5. The monoisotopic (exact) mass is 260 g/mol. The second-order valence-electron chi connectivity index (χ2n) is 3.49. The first-order valence-corrected chi connectivity index (χ1v) is 5.69. The molecule has 0 amide bonds. The third kappa shape index (κ3) is 2.85. The van der Waals surface area contributed by atoms with Crippen LogP contribution >= 0.6 is 11.6 Å². The molecular weight excluding hydrogens is 250 g/mol. The number of halogens is 3. The first kappa shape index (κ1) is 12.1. The Morgan fingerprint density at radius 1 is 1.35 bits per heavy atom. The van der Waals surface area contributed by atoms with Crippen LogP contribution in [0.1, 0.15) is 0 Å². The molecule has 1 aromatic heterocycles. The highest BCUT2D eigenvalue weighted by molar-refractivity contribution is 6.18. The maximum atomic E-state index is 12.4. The van der Waals surface area contributed by atoms with Crippen molar-refractivity contribution in [3.63, 3.8) is 0 Å². The third-order valence-electron chi connectivity index (χ3n) is 2.27. The Morgan fingerprint density at radius 2 is 2.12 bits per heavy atom. The van der Waals surface area contributed by atoms with Crippen LogP contribution in [0.3, 0.4) is 0 Å². The van der Waals surface area contributed by atoms with Gasteiger partial charge in [0.25, 0.3) is 12.4 Å². The van der Waals surface area contributed by atoms with E-state index in [-0.39, 0.29) is 18.4 Å². The molecule has 0 aliphatic rings. The standard InChI is InChI=1S/C11H11ClF2N2O/c12-5-6-16(7-10(13)14)11-15-8-3-1-2-4-9(8)17-11/h1-4,10H,5-7H2. The quantitative estimate of drug-likeness (QED) is 0.774. The fourth-order valence-electron chi connectivity index (χ4n) is 1.53. The molecule has 0 saturated heterocycles. The van der Waals surface area contributed by atoms with Crippen molar-refractivity contribution >= 4 is 28.7 Å². The van der Waals surface area contributed by atoms with E-state index in [1.54, 1.807) is 18.2 Å². The highest BCUT2D eigenvalue weighted by Gasteiger charge is 2.17. The minimum atomic E-state index is -2.45. The van der Waals surface area contributed by atoms with Crippen molar-refractivity contribution in [2.75, 3.05) is 23.9 Å². The SMILES string of the molecule is FC(F)CN(CCCl)c1nc2ccccc2o1. The van der Waals surface area contributed by atoms with Crippen LogP contribution in [0.2, 0.25) is 0 Å². The molecule has 0 fully saturated rings. The van der Waals surface area contributed by atoms with Crippen molar-refractivity contribution in [2.45, 2.75) is 6.43 Å². The van der Waals surface area contributed by atoms with E-state index in [1.165, 1.54) is 4.90 Å². The molecule has 0 bridgehead atoms. The smallest absolute Gasteiger partial charge is 0.298 e. The number of benzene rings is 1. The van der Waals surface area contributed by atoms with Crippen LogP contribution in [-0.4, -0.2) is 30.4 Å². The zero-order valence-electron chi connectivity index (χ0n) is 8.94. The topological polar surface area (TPSA) is 29.3 Å². The van der Waals surface area contributed by atoms with E-state index in [0.717, 1.165) is 0 Å². The minimum Gasteiger partial charge on any atom is -0.423 e. The lowest BCUT2D eigenvalue weighted by molar-refractivity contribution is 0.153. The van der Waals surface area contributed by atoms with Gasteiger partial charge in [-0.15, -0.1) is 11.6 Å². The van der Waals surface area contributed by atoms with E-state index < -0.39 is 13.0 Å². The first-order chi connectivity index (χ1) is 8.20. The summed E-state index contributed by atoms with van der Waals surface area (Å²) in [4.78, 5) is 5.50. The number of fused-ring (bicyclic) bond motifs is 1. The van der Waals surface area contributed by atoms with E-state index in [1.807, 2.05) is 6.07 Å². The third-order valence-corrected chi connectivity index (χ3v) is 2.43. The van der Waals surface area contributed by atoms with Crippen molar-refractivity contribution in [3.8, 4) is 0 Å². The lowest BCUT2D eigenvalue weighted by Crippen LogP contribution is -2.30.